The van der Waals surface area contributed by atoms with E-state index in [-0.39, 0.29) is 11.5 Å². The van der Waals surface area contributed by atoms with Gasteiger partial charge in [0, 0.05) is 11.8 Å². The first-order chi connectivity index (χ1) is 8.20. The number of pyridine rings is 1. The van der Waals surface area contributed by atoms with Crippen molar-refractivity contribution in [3.05, 3.63) is 46.6 Å². The molecule has 0 saturated carbocycles. The van der Waals surface area contributed by atoms with E-state index in [1.54, 1.807) is 24.4 Å². The van der Waals surface area contributed by atoms with Crippen molar-refractivity contribution in [2.24, 2.45) is 0 Å². The lowest BCUT2D eigenvalue weighted by molar-refractivity contribution is 0.101. The number of nitrogens with zero attached hydrogens (tertiary/aromatic N) is 1. The van der Waals surface area contributed by atoms with Crippen molar-refractivity contribution in [1.82, 2.24) is 4.98 Å². The molecule has 4 nitrogen and oxygen atoms in total. The average Bonchev–Trinajstić information content (AvgIpc) is 2.76. The van der Waals surface area contributed by atoms with Crippen molar-refractivity contribution in [1.29, 1.82) is 0 Å². The fraction of sp³-hybridized carbons (Fsp3) is 0.167. The summed E-state index contributed by atoms with van der Waals surface area (Å²) in [6, 6.07) is 4.93. The molecule has 0 aliphatic carbocycles. The van der Waals surface area contributed by atoms with Crippen molar-refractivity contribution in [3.8, 4) is 5.75 Å². The maximum absolute atomic E-state index is 12.0. The van der Waals surface area contributed by atoms with Crippen LogP contribution in [0.15, 0.2) is 39.7 Å². The molecule has 0 amide bonds. The minimum Gasteiger partial charge on any atom is -0.492 e. The first kappa shape index (κ1) is 11.9. The zero-order valence-corrected chi connectivity index (χ0v) is 10.7. The third-order valence-electron chi connectivity index (χ3n) is 2.08. The van der Waals surface area contributed by atoms with E-state index in [0.29, 0.717) is 22.6 Å². The highest BCUT2D eigenvalue weighted by Crippen LogP contribution is 2.19. The van der Waals surface area contributed by atoms with E-state index in [1.165, 1.54) is 6.20 Å². The fourth-order valence-electron chi connectivity index (χ4n) is 1.37. The van der Waals surface area contributed by atoms with E-state index in [4.69, 9.17) is 9.15 Å². The van der Waals surface area contributed by atoms with Gasteiger partial charge in [-0.15, -0.1) is 0 Å². The van der Waals surface area contributed by atoms with Crippen LogP contribution in [0.1, 0.15) is 23.0 Å². The van der Waals surface area contributed by atoms with Crippen LogP contribution in [0.3, 0.4) is 0 Å². The summed E-state index contributed by atoms with van der Waals surface area (Å²) in [6.07, 6.45) is 3.06. The van der Waals surface area contributed by atoms with E-state index in [9.17, 15) is 4.79 Å². The summed E-state index contributed by atoms with van der Waals surface area (Å²) in [5.74, 6) is 0.626. The van der Waals surface area contributed by atoms with E-state index in [2.05, 4.69) is 20.9 Å². The summed E-state index contributed by atoms with van der Waals surface area (Å²) in [7, 11) is 0. The molecular formula is C12H10BrNO3. The van der Waals surface area contributed by atoms with Gasteiger partial charge in [-0.25, -0.2) is 0 Å². The molecule has 0 unspecified atom stereocenters. The topological polar surface area (TPSA) is 52.3 Å². The number of carbonyl (C=O) groups excluding carboxylic acids is 1. The Kier molecular flexibility index (Phi) is 3.58. The molecule has 0 N–H and O–H groups in total. The van der Waals surface area contributed by atoms with Crippen molar-refractivity contribution in [2.75, 3.05) is 6.61 Å². The summed E-state index contributed by atoms with van der Waals surface area (Å²) < 4.78 is 11.0. The Morgan fingerprint density at radius 2 is 2.29 bits per heavy atom. The zero-order chi connectivity index (χ0) is 12.3. The Balaban J connectivity index is 2.27. The van der Waals surface area contributed by atoms with Crippen LogP contribution in [-0.2, 0) is 0 Å². The van der Waals surface area contributed by atoms with Gasteiger partial charge in [-0.1, -0.05) is 0 Å². The highest BCUT2D eigenvalue weighted by Gasteiger charge is 2.14. The smallest absolute Gasteiger partial charge is 0.229 e. The van der Waals surface area contributed by atoms with Crippen molar-refractivity contribution in [2.45, 2.75) is 6.92 Å². The number of carbonyl (C=O) groups is 1. The molecule has 0 atom stereocenters. The number of rotatable bonds is 4. The molecule has 0 radical (unpaired) electrons. The predicted octanol–water partition coefficient (Wildman–Crippen LogP) is 3.07. The number of hydrogen-bond donors (Lipinski definition) is 0. The van der Waals surface area contributed by atoms with Crippen LogP contribution in [0.2, 0.25) is 0 Å². The number of aromatic nitrogens is 1. The number of halogens is 1. The summed E-state index contributed by atoms with van der Waals surface area (Å²) in [5, 5.41) is 0. The molecule has 17 heavy (non-hydrogen) atoms. The second-order valence-corrected chi connectivity index (χ2v) is 4.06. The molecule has 2 aromatic rings. The molecule has 88 valence electrons. The molecule has 2 aromatic heterocycles. The highest BCUT2D eigenvalue weighted by molar-refractivity contribution is 9.10. The third-order valence-corrected chi connectivity index (χ3v) is 2.51. The van der Waals surface area contributed by atoms with Crippen LogP contribution in [0.25, 0.3) is 0 Å². The van der Waals surface area contributed by atoms with Crippen molar-refractivity contribution < 1.29 is 13.9 Å². The van der Waals surface area contributed by atoms with E-state index < -0.39 is 0 Å². The summed E-state index contributed by atoms with van der Waals surface area (Å²) in [5.41, 5.74) is 0.442. The monoisotopic (exact) mass is 295 g/mol. The Bertz CT molecular complexity index is 536. The van der Waals surface area contributed by atoms with Crippen LogP contribution in [0, 0.1) is 0 Å². The highest BCUT2D eigenvalue weighted by atomic mass is 79.9. The molecule has 0 aliphatic rings. The Hall–Kier alpha value is -1.62. The van der Waals surface area contributed by atoms with Crippen LogP contribution >= 0.6 is 15.9 Å². The predicted molar refractivity (Wildman–Crippen MR) is 65.2 cm³/mol. The van der Waals surface area contributed by atoms with Crippen LogP contribution < -0.4 is 4.74 Å². The van der Waals surface area contributed by atoms with Gasteiger partial charge in [-0.05, 0) is 41.1 Å². The van der Waals surface area contributed by atoms with Crippen LogP contribution in [0.4, 0.5) is 0 Å². The fourth-order valence-corrected chi connectivity index (χ4v) is 1.67. The van der Waals surface area contributed by atoms with Crippen molar-refractivity contribution >= 4 is 21.7 Å². The molecule has 0 aromatic carbocycles. The Morgan fingerprint density at radius 3 is 2.94 bits per heavy atom. The van der Waals surface area contributed by atoms with Gasteiger partial charge in [0.2, 0.25) is 5.78 Å². The van der Waals surface area contributed by atoms with Crippen molar-refractivity contribution in [3.63, 3.8) is 0 Å². The van der Waals surface area contributed by atoms with Gasteiger partial charge in [0.25, 0.3) is 0 Å². The maximum Gasteiger partial charge on any atom is 0.229 e. The normalized spacial score (nSPS) is 10.2. The van der Waals surface area contributed by atoms with Gasteiger partial charge >= 0.3 is 0 Å². The lowest BCUT2D eigenvalue weighted by atomic mass is 10.1. The standard InChI is InChI=1S/C12H10BrNO3/c1-2-16-9-5-8(6-14-7-9)12(15)10-3-4-11(13)17-10/h3-7H,2H2,1H3. The second kappa shape index (κ2) is 5.14. The van der Waals surface area contributed by atoms with Gasteiger partial charge in [0.15, 0.2) is 10.4 Å². The first-order valence-corrected chi connectivity index (χ1v) is 5.88. The molecule has 0 aliphatic heterocycles. The minimum atomic E-state index is -0.218. The van der Waals surface area contributed by atoms with Gasteiger partial charge in [-0.3, -0.25) is 9.78 Å². The number of ketones is 1. The number of ether oxygens (including phenoxy) is 1. The molecule has 0 fully saturated rings. The molecule has 2 heterocycles. The molecular weight excluding hydrogens is 286 g/mol. The molecule has 0 bridgehead atoms. The van der Waals surface area contributed by atoms with Crippen LogP contribution in [0.5, 0.6) is 5.75 Å². The van der Waals surface area contributed by atoms with Gasteiger partial charge in [0.05, 0.1) is 12.8 Å². The first-order valence-electron chi connectivity index (χ1n) is 5.08. The van der Waals surface area contributed by atoms with Crippen LogP contribution in [-0.4, -0.2) is 17.4 Å². The van der Waals surface area contributed by atoms with E-state index in [0.717, 1.165) is 0 Å². The summed E-state index contributed by atoms with van der Waals surface area (Å²) in [4.78, 5) is 16.0. The number of furan rings is 1. The SMILES string of the molecule is CCOc1cncc(C(=O)c2ccc(Br)o2)c1. The average molecular weight is 296 g/mol. The van der Waals surface area contributed by atoms with E-state index >= 15 is 0 Å². The third kappa shape index (κ3) is 2.74. The largest absolute Gasteiger partial charge is 0.492 e. The Morgan fingerprint density at radius 1 is 1.47 bits per heavy atom. The second-order valence-electron chi connectivity index (χ2n) is 3.28. The number of hydrogen-bond acceptors (Lipinski definition) is 4. The molecule has 2 rings (SSSR count). The molecule has 0 spiro atoms. The lowest BCUT2D eigenvalue weighted by Crippen LogP contribution is -2.01. The lowest BCUT2D eigenvalue weighted by Gasteiger charge is -2.03. The van der Waals surface area contributed by atoms with Gasteiger partial charge < -0.3 is 9.15 Å². The quantitative estimate of drug-likeness (QED) is 0.814. The van der Waals surface area contributed by atoms with Gasteiger partial charge in [0.1, 0.15) is 5.75 Å². The maximum atomic E-state index is 12.0. The summed E-state index contributed by atoms with van der Waals surface area (Å²) in [6.45, 7) is 2.41. The summed E-state index contributed by atoms with van der Waals surface area (Å²) >= 11 is 3.15. The van der Waals surface area contributed by atoms with Gasteiger partial charge in [-0.2, -0.15) is 0 Å². The Labute approximate surface area is 107 Å². The minimum absolute atomic E-state index is 0.218. The van der Waals surface area contributed by atoms with E-state index in [1.807, 2.05) is 6.92 Å². The molecule has 5 heteroatoms. The molecule has 0 saturated heterocycles. The zero-order valence-electron chi connectivity index (χ0n) is 9.14.